The van der Waals surface area contributed by atoms with Crippen molar-refractivity contribution < 1.29 is 19.4 Å². The third-order valence-electron chi connectivity index (χ3n) is 2.01. The number of halogens is 1. The van der Waals surface area contributed by atoms with Crippen molar-refractivity contribution >= 4 is 17.6 Å². The fourth-order valence-corrected chi connectivity index (χ4v) is 1.44. The minimum atomic E-state index is -1.01. The van der Waals surface area contributed by atoms with Crippen molar-refractivity contribution in [1.29, 1.82) is 0 Å². The van der Waals surface area contributed by atoms with Gasteiger partial charge in [0, 0.05) is 6.61 Å². The zero-order valence-corrected chi connectivity index (χ0v) is 10.4. The molecule has 0 fully saturated rings. The first-order chi connectivity index (χ1) is 8.15. The van der Waals surface area contributed by atoms with Crippen LogP contribution in [0.5, 0.6) is 5.75 Å². The molecule has 0 saturated heterocycles. The molecular formula is C12H15ClO4. The first kappa shape index (κ1) is 13.8. The molecule has 0 radical (unpaired) electrons. The Labute approximate surface area is 105 Å². The Bertz CT molecular complexity index is 379. The van der Waals surface area contributed by atoms with Gasteiger partial charge < -0.3 is 14.6 Å². The van der Waals surface area contributed by atoms with E-state index in [1.807, 2.05) is 6.92 Å². The summed E-state index contributed by atoms with van der Waals surface area (Å²) in [4.78, 5) is 10.7. The second-order valence-electron chi connectivity index (χ2n) is 3.41. The summed E-state index contributed by atoms with van der Waals surface area (Å²) < 4.78 is 10.6. The van der Waals surface area contributed by atoms with Crippen LogP contribution >= 0.6 is 11.6 Å². The summed E-state index contributed by atoms with van der Waals surface area (Å²) in [7, 11) is 0. The number of ether oxygens (including phenoxy) is 2. The van der Waals surface area contributed by atoms with Crippen LogP contribution in [0.1, 0.15) is 23.7 Å². The lowest BCUT2D eigenvalue weighted by Crippen LogP contribution is -2.07. The minimum absolute atomic E-state index is 0.143. The normalized spacial score (nSPS) is 10.2. The maximum atomic E-state index is 10.7. The highest BCUT2D eigenvalue weighted by Crippen LogP contribution is 2.25. The van der Waals surface area contributed by atoms with Crippen LogP contribution in [0.25, 0.3) is 0 Å². The van der Waals surface area contributed by atoms with Gasteiger partial charge in [0.2, 0.25) is 0 Å². The van der Waals surface area contributed by atoms with Crippen molar-refractivity contribution in [3.05, 3.63) is 28.8 Å². The van der Waals surface area contributed by atoms with E-state index in [2.05, 4.69) is 0 Å². The minimum Gasteiger partial charge on any atom is -0.490 e. The quantitative estimate of drug-likeness (QED) is 0.764. The lowest BCUT2D eigenvalue weighted by Gasteiger charge is -2.08. The molecule has 0 amide bonds. The molecule has 1 N–H and O–H groups in total. The van der Waals surface area contributed by atoms with E-state index in [-0.39, 0.29) is 5.56 Å². The van der Waals surface area contributed by atoms with Gasteiger partial charge in [0.25, 0.3) is 0 Å². The summed E-state index contributed by atoms with van der Waals surface area (Å²) in [5.74, 6) is -0.540. The molecule has 1 aromatic rings. The number of hydrogen-bond acceptors (Lipinski definition) is 3. The molecule has 0 saturated carbocycles. The monoisotopic (exact) mass is 258 g/mol. The number of benzene rings is 1. The molecule has 94 valence electrons. The Balaban J connectivity index is 2.46. The summed E-state index contributed by atoms with van der Waals surface area (Å²) in [5, 5.41) is 9.05. The van der Waals surface area contributed by atoms with E-state index in [1.54, 1.807) is 6.07 Å². The number of hydrogen-bond donors (Lipinski definition) is 1. The van der Waals surface area contributed by atoms with Crippen LogP contribution in [-0.2, 0) is 4.74 Å². The van der Waals surface area contributed by atoms with Gasteiger partial charge in [0.1, 0.15) is 12.4 Å². The van der Waals surface area contributed by atoms with Gasteiger partial charge >= 0.3 is 5.97 Å². The molecule has 17 heavy (non-hydrogen) atoms. The average Bonchev–Trinajstić information content (AvgIpc) is 2.30. The van der Waals surface area contributed by atoms with Crippen LogP contribution in [0, 0.1) is 0 Å². The molecule has 0 spiro atoms. The smallest absolute Gasteiger partial charge is 0.335 e. The third kappa shape index (κ3) is 4.63. The van der Waals surface area contributed by atoms with E-state index < -0.39 is 5.97 Å². The fraction of sp³-hybridized carbons (Fsp3) is 0.417. The maximum absolute atomic E-state index is 10.7. The van der Waals surface area contributed by atoms with Gasteiger partial charge in [0.05, 0.1) is 17.2 Å². The molecule has 5 heteroatoms. The molecule has 0 unspecified atom stereocenters. The molecule has 0 aromatic heterocycles. The van der Waals surface area contributed by atoms with Crippen molar-refractivity contribution in [2.75, 3.05) is 19.8 Å². The van der Waals surface area contributed by atoms with Gasteiger partial charge in [-0.05, 0) is 24.6 Å². The number of carbonyl (C=O) groups is 1. The Morgan fingerprint density at radius 3 is 2.71 bits per heavy atom. The lowest BCUT2D eigenvalue weighted by atomic mass is 10.2. The summed E-state index contributed by atoms with van der Waals surface area (Å²) in [6, 6.07) is 4.37. The van der Waals surface area contributed by atoms with Gasteiger partial charge in [-0.25, -0.2) is 4.79 Å². The van der Waals surface area contributed by atoms with Crippen LogP contribution < -0.4 is 4.74 Å². The molecular weight excluding hydrogens is 244 g/mol. The maximum Gasteiger partial charge on any atom is 0.335 e. The van der Waals surface area contributed by atoms with E-state index in [0.29, 0.717) is 30.6 Å². The summed E-state index contributed by atoms with van der Waals surface area (Å²) >= 11 is 5.88. The van der Waals surface area contributed by atoms with E-state index in [0.717, 1.165) is 6.42 Å². The van der Waals surface area contributed by atoms with Crippen molar-refractivity contribution in [3.63, 3.8) is 0 Å². The predicted molar refractivity (Wildman–Crippen MR) is 65.0 cm³/mol. The zero-order chi connectivity index (χ0) is 12.7. The van der Waals surface area contributed by atoms with Crippen molar-refractivity contribution in [2.45, 2.75) is 13.3 Å². The van der Waals surface area contributed by atoms with Gasteiger partial charge in [-0.15, -0.1) is 0 Å². The van der Waals surface area contributed by atoms with Gasteiger partial charge in [-0.3, -0.25) is 0 Å². The van der Waals surface area contributed by atoms with Gasteiger partial charge in [-0.2, -0.15) is 0 Å². The van der Waals surface area contributed by atoms with Crippen LogP contribution in [0.3, 0.4) is 0 Å². The highest BCUT2D eigenvalue weighted by atomic mass is 35.5. The molecule has 0 aliphatic carbocycles. The summed E-state index contributed by atoms with van der Waals surface area (Å²) in [6.07, 6.45) is 0.966. The Morgan fingerprint density at radius 2 is 2.12 bits per heavy atom. The van der Waals surface area contributed by atoms with Crippen molar-refractivity contribution in [1.82, 2.24) is 0 Å². The standard InChI is InChI=1S/C12H15ClO4/c1-2-5-16-6-7-17-11-4-3-9(12(14)15)8-10(11)13/h3-4,8H,2,5-7H2,1H3,(H,14,15). The predicted octanol–water partition coefficient (Wildman–Crippen LogP) is 2.84. The summed E-state index contributed by atoms with van der Waals surface area (Å²) in [6.45, 7) is 3.62. The second-order valence-corrected chi connectivity index (χ2v) is 3.82. The highest BCUT2D eigenvalue weighted by molar-refractivity contribution is 6.32. The van der Waals surface area contributed by atoms with Gasteiger partial charge in [-0.1, -0.05) is 18.5 Å². The SMILES string of the molecule is CCCOCCOc1ccc(C(=O)O)cc1Cl. The molecule has 0 atom stereocenters. The molecule has 1 aromatic carbocycles. The number of carboxylic acids is 1. The molecule has 0 bridgehead atoms. The number of carboxylic acid groups (broad SMARTS) is 1. The Hall–Kier alpha value is -1.26. The summed E-state index contributed by atoms with van der Waals surface area (Å²) in [5.41, 5.74) is 0.143. The van der Waals surface area contributed by atoms with E-state index in [1.165, 1.54) is 12.1 Å². The van der Waals surface area contributed by atoms with Crippen LogP contribution in [0.2, 0.25) is 5.02 Å². The average molecular weight is 259 g/mol. The molecule has 0 aliphatic rings. The molecule has 0 aliphatic heterocycles. The third-order valence-corrected chi connectivity index (χ3v) is 2.31. The highest BCUT2D eigenvalue weighted by Gasteiger charge is 2.07. The largest absolute Gasteiger partial charge is 0.490 e. The second kappa shape index (κ2) is 7.14. The van der Waals surface area contributed by atoms with Crippen LogP contribution in [-0.4, -0.2) is 30.9 Å². The van der Waals surface area contributed by atoms with E-state index in [4.69, 9.17) is 26.2 Å². The molecule has 0 heterocycles. The topological polar surface area (TPSA) is 55.8 Å². The zero-order valence-electron chi connectivity index (χ0n) is 9.61. The van der Waals surface area contributed by atoms with Crippen molar-refractivity contribution in [3.8, 4) is 5.75 Å². The Morgan fingerprint density at radius 1 is 1.35 bits per heavy atom. The fourth-order valence-electron chi connectivity index (χ4n) is 1.21. The lowest BCUT2D eigenvalue weighted by molar-refractivity contribution is 0.0696. The van der Waals surface area contributed by atoms with Crippen LogP contribution in [0.4, 0.5) is 0 Å². The van der Waals surface area contributed by atoms with E-state index in [9.17, 15) is 4.79 Å². The van der Waals surface area contributed by atoms with Gasteiger partial charge in [0.15, 0.2) is 0 Å². The van der Waals surface area contributed by atoms with Crippen molar-refractivity contribution in [2.24, 2.45) is 0 Å². The first-order valence-electron chi connectivity index (χ1n) is 5.38. The Kier molecular flexibility index (Phi) is 5.80. The number of rotatable bonds is 7. The molecule has 1 rings (SSSR count). The van der Waals surface area contributed by atoms with Crippen LogP contribution in [0.15, 0.2) is 18.2 Å². The first-order valence-corrected chi connectivity index (χ1v) is 5.76. The molecule has 4 nitrogen and oxygen atoms in total. The number of aromatic carboxylic acids is 1. The van der Waals surface area contributed by atoms with E-state index >= 15 is 0 Å².